The van der Waals surface area contributed by atoms with Gasteiger partial charge in [0.05, 0.1) is 6.54 Å². The second kappa shape index (κ2) is 6.91. The molecule has 0 atom stereocenters. The van der Waals surface area contributed by atoms with E-state index in [0.717, 1.165) is 22.6 Å². The first-order chi connectivity index (χ1) is 7.65. The molecular formula is C12H20INOS. The molecule has 2 nitrogen and oxygen atoms in total. The number of thioether (sulfide) groups is 1. The van der Waals surface area contributed by atoms with Crippen molar-refractivity contribution in [2.45, 2.75) is 38.0 Å². The normalized spacial score (nSPS) is 12.0. The molecule has 16 heavy (non-hydrogen) atoms. The molecule has 0 fully saturated rings. The van der Waals surface area contributed by atoms with Crippen LogP contribution in [0.3, 0.4) is 0 Å². The lowest BCUT2D eigenvalue weighted by atomic mass is 10.0. The third kappa shape index (κ3) is 3.96. The highest BCUT2D eigenvalue weighted by molar-refractivity contribution is 14.1. The summed E-state index contributed by atoms with van der Waals surface area (Å²) in [6.07, 6.45) is 4.60. The molecule has 1 aromatic heterocycles. The largest absolute Gasteiger partial charge is 0.454 e. The lowest BCUT2D eigenvalue weighted by Crippen LogP contribution is -2.36. The Morgan fingerprint density at radius 1 is 1.38 bits per heavy atom. The number of nitrogens with one attached hydrogen (secondary N) is 1. The first kappa shape index (κ1) is 14.4. The van der Waals surface area contributed by atoms with Gasteiger partial charge in [-0.2, -0.15) is 11.8 Å². The lowest BCUT2D eigenvalue weighted by molar-refractivity contribution is 0.437. The molecule has 0 spiro atoms. The van der Waals surface area contributed by atoms with Crippen LogP contribution in [0.5, 0.6) is 0 Å². The first-order valence-corrected chi connectivity index (χ1v) is 7.96. The molecule has 0 saturated heterocycles. The Balaban J connectivity index is 2.39. The van der Waals surface area contributed by atoms with Crippen molar-refractivity contribution in [1.29, 1.82) is 0 Å². The van der Waals surface area contributed by atoms with Gasteiger partial charge in [-0.15, -0.1) is 0 Å². The zero-order chi connectivity index (χ0) is 12.0. The van der Waals surface area contributed by atoms with E-state index in [4.69, 9.17) is 4.42 Å². The molecule has 1 N–H and O–H groups in total. The van der Waals surface area contributed by atoms with Gasteiger partial charge in [0.15, 0.2) is 3.77 Å². The molecule has 0 aliphatic carbocycles. The predicted octanol–water partition coefficient (Wildman–Crippen LogP) is 3.90. The van der Waals surface area contributed by atoms with Gasteiger partial charge in [-0.3, -0.25) is 0 Å². The molecule has 0 bridgehead atoms. The first-order valence-electron chi connectivity index (χ1n) is 5.66. The molecule has 4 heteroatoms. The van der Waals surface area contributed by atoms with E-state index < -0.39 is 0 Å². The summed E-state index contributed by atoms with van der Waals surface area (Å²) in [5, 5.41) is 3.49. The van der Waals surface area contributed by atoms with Crippen LogP contribution in [0.15, 0.2) is 16.5 Å². The smallest absolute Gasteiger partial charge is 0.164 e. The number of hydrogen-bond donors (Lipinski definition) is 1. The van der Waals surface area contributed by atoms with Gasteiger partial charge in [0.25, 0.3) is 0 Å². The maximum atomic E-state index is 5.52. The second-order valence-corrected chi connectivity index (χ2v) is 6.24. The van der Waals surface area contributed by atoms with Crippen molar-refractivity contribution in [1.82, 2.24) is 5.32 Å². The monoisotopic (exact) mass is 353 g/mol. The summed E-state index contributed by atoms with van der Waals surface area (Å²) < 4.78 is 6.85. The molecule has 1 rings (SSSR count). The Morgan fingerprint density at radius 3 is 2.50 bits per heavy atom. The van der Waals surface area contributed by atoms with Crippen LogP contribution in [0, 0.1) is 3.77 Å². The average Bonchev–Trinajstić information content (AvgIpc) is 2.71. The van der Waals surface area contributed by atoms with Gasteiger partial charge in [-0.25, -0.2) is 0 Å². The summed E-state index contributed by atoms with van der Waals surface area (Å²) in [5.41, 5.74) is 0. The third-order valence-electron chi connectivity index (χ3n) is 3.10. The predicted molar refractivity (Wildman–Crippen MR) is 80.0 cm³/mol. The Morgan fingerprint density at radius 2 is 2.06 bits per heavy atom. The van der Waals surface area contributed by atoms with Crippen LogP contribution >= 0.6 is 34.4 Å². The van der Waals surface area contributed by atoms with Crippen LogP contribution in [0.25, 0.3) is 0 Å². The van der Waals surface area contributed by atoms with E-state index in [1.54, 1.807) is 0 Å². The molecule has 0 aromatic carbocycles. The van der Waals surface area contributed by atoms with E-state index in [-0.39, 0.29) is 0 Å². The Kier molecular flexibility index (Phi) is 6.21. The highest BCUT2D eigenvalue weighted by atomic mass is 127. The minimum Gasteiger partial charge on any atom is -0.454 e. The molecule has 0 amide bonds. The van der Waals surface area contributed by atoms with Crippen LogP contribution in [0.1, 0.15) is 32.4 Å². The lowest BCUT2D eigenvalue weighted by Gasteiger charge is -2.29. The van der Waals surface area contributed by atoms with Crippen LogP contribution in [0.2, 0.25) is 0 Å². The summed E-state index contributed by atoms with van der Waals surface area (Å²) >= 11 is 4.16. The molecule has 0 saturated carbocycles. The van der Waals surface area contributed by atoms with E-state index >= 15 is 0 Å². The minimum absolute atomic E-state index is 0.375. The van der Waals surface area contributed by atoms with Crippen molar-refractivity contribution in [2.24, 2.45) is 0 Å². The van der Waals surface area contributed by atoms with Crippen LogP contribution in [-0.2, 0) is 6.54 Å². The summed E-state index contributed by atoms with van der Waals surface area (Å²) in [6, 6.07) is 4.03. The van der Waals surface area contributed by atoms with Gasteiger partial charge < -0.3 is 9.73 Å². The van der Waals surface area contributed by atoms with Crippen LogP contribution in [0.4, 0.5) is 0 Å². The SMILES string of the molecule is CCC(CC)(CNCc1ccc(I)o1)SC. The van der Waals surface area contributed by atoms with Crippen LogP contribution in [-0.4, -0.2) is 17.5 Å². The van der Waals surface area contributed by atoms with Crippen molar-refractivity contribution < 1.29 is 4.42 Å². The fourth-order valence-electron chi connectivity index (χ4n) is 1.72. The number of hydrogen-bond acceptors (Lipinski definition) is 3. The van der Waals surface area contributed by atoms with Gasteiger partial charge in [-0.05, 0) is 53.8 Å². The molecule has 0 radical (unpaired) electrons. The van der Waals surface area contributed by atoms with Crippen molar-refractivity contribution in [3.8, 4) is 0 Å². The quantitative estimate of drug-likeness (QED) is 0.753. The van der Waals surface area contributed by atoms with Gasteiger partial charge in [0.1, 0.15) is 5.76 Å². The minimum atomic E-state index is 0.375. The zero-order valence-corrected chi connectivity index (χ0v) is 13.2. The van der Waals surface area contributed by atoms with Gasteiger partial charge >= 0.3 is 0 Å². The second-order valence-electron chi connectivity index (χ2n) is 3.90. The fraction of sp³-hybridized carbons (Fsp3) is 0.667. The molecule has 0 aliphatic heterocycles. The van der Waals surface area contributed by atoms with E-state index in [2.05, 4.69) is 48.0 Å². The standard InChI is InChI=1S/C12H20INOS/c1-4-12(5-2,16-3)9-14-8-10-6-7-11(13)15-10/h6-7,14H,4-5,8-9H2,1-3H3. The Labute approximate surface area is 116 Å². The van der Waals surface area contributed by atoms with E-state index in [0.29, 0.717) is 4.75 Å². The molecule has 1 aromatic rings. The number of rotatable bonds is 7. The Bertz CT molecular complexity index is 301. The third-order valence-corrected chi connectivity index (χ3v) is 5.26. The summed E-state index contributed by atoms with van der Waals surface area (Å²) in [6.45, 7) is 6.39. The summed E-state index contributed by atoms with van der Waals surface area (Å²) in [5.74, 6) is 1.02. The highest BCUT2D eigenvalue weighted by Crippen LogP contribution is 2.29. The van der Waals surface area contributed by atoms with E-state index in [1.165, 1.54) is 12.8 Å². The molecule has 1 heterocycles. The molecular weight excluding hydrogens is 333 g/mol. The highest BCUT2D eigenvalue weighted by Gasteiger charge is 2.24. The molecule has 0 aliphatic rings. The van der Waals surface area contributed by atoms with Crippen molar-refractivity contribution in [2.75, 3.05) is 12.8 Å². The molecule has 0 unspecified atom stereocenters. The topological polar surface area (TPSA) is 25.2 Å². The zero-order valence-electron chi connectivity index (χ0n) is 10.2. The maximum Gasteiger partial charge on any atom is 0.164 e. The van der Waals surface area contributed by atoms with E-state index in [9.17, 15) is 0 Å². The van der Waals surface area contributed by atoms with Crippen molar-refractivity contribution in [3.05, 3.63) is 21.7 Å². The average molecular weight is 353 g/mol. The number of halogens is 1. The van der Waals surface area contributed by atoms with E-state index in [1.807, 2.05) is 23.9 Å². The van der Waals surface area contributed by atoms with Crippen molar-refractivity contribution in [3.63, 3.8) is 0 Å². The van der Waals surface area contributed by atoms with Gasteiger partial charge in [0.2, 0.25) is 0 Å². The number of furan rings is 1. The van der Waals surface area contributed by atoms with Crippen LogP contribution < -0.4 is 5.32 Å². The van der Waals surface area contributed by atoms with Gasteiger partial charge in [-0.1, -0.05) is 13.8 Å². The fourth-order valence-corrected chi connectivity index (χ4v) is 3.01. The summed E-state index contributed by atoms with van der Waals surface area (Å²) in [7, 11) is 0. The molecule has 92 valence electrons. The Hall–Kier alpha value is 0.320. The maximum absolute atomic E-state index is 5.52. The van der Waals surface area contributed by atoms with Gasteiger partial charge in [0, 0.05) is 11.3 Å². The van der Waals surface area contributed by atoms with Crippen molar-refractivity contribution >= 4 is 34.4 Å². The summed E-state index contributed by atoms with van der Waals surface area (Å²) in [4.78, 5) is 0.